The summed E-state index contributed by atoms with van der Waals surface area (Å²) < 4.78 is 5.33. The zero-order valence-corrected chi connectivity index (χ0v) is 11.3. The largest absolute Gasteiger partial charge is 0.444 e. The number of hydrogen-bond acceptors (Lipinski definition) is 4. The van der Waals surface area contributed by atoms with Gasteiger partial charge in [0.15, 0.2) is 0 Å². The number of nitrogens with zero attached hydrogens (tertiary/aromatic N) is 2. The van der Waals surface area contributed by atoms with Crippen LogP contribution in [0.3, 0.4) is 0 Å². The summed E-state index contributed by atoms with van der Waals surface area (Å²) in [7, 11) is 0. The van der Waals surface area contributed by atoms with Gasteiger partial charge in [-0.2, -0.15) is 0 Å². The summed E-state index contributed by atoms with van der Waals surface area (Å²) in [5, 5.41) is 9.30. The lowest BCUT2D eigenvalue weighted by molar-refractivity contribution is -0.00311. The van der Waals surface area contributed by atoms with E-state index in [0.717, 1.165) is 13.1 Å². The lowest BCUT2D eigenvalue weighted by Crippen LogP contribution is -2.56. The second-order valence-electron chi connectivity index (χ2n) is 5.39. The average molecular weight is 244 g/mol. The fourth-order valence-corrected chi connectivity index (χ4v) is 1.97. The van der Waals surface area contributed by atoms with Gasteiger partial charge in [-0.15, -0.1) is 0 Å². The molecule has 100 valence electrons. The molecule has 1 rings (SSSR count). The van der Waals surface area contributed by atoms with Crippen LogP contribution in [0.4, 0.5) is 4.79 Å². The Morgan fingerprint density at radius 3 is 2.53 bits per heavy atom. The highest BCUT2D eigenvalue weighted by Gasteiger charge is 2.30. The van der Waals surface area contributed by atoms with E-state index < -0.39 is 5.60 Å². The normalized spacial score (nSPS) is 22.6. The fourth-order valence-electron chi connectivity index (χ4n) is 1.97. The van der Waals surface area contributed by atoms with E-state index >= 15 is 0 Å². The molecule has 1 N–H and O–H groups in total. The molecular weight excluding hydrogens is 220 g/mol. The molecule has 0 aromatic carbocycles. The molecule has 0 radical (unpaired) electrons. The number of carbonyl (C=O) groups is 1. The maximum absolute atomic E-state index is 11.9. The molecule has 1 fully saturated rings. The van der Waals surface area contributed by atoms with Crippen LogP contribution in [0.1, 0.15) is 27.7 Å². The molecule has 1 heterocycles. The van der Waals surface area contributed by atoms with Gasteiger partial charge in [0.2, 0.25) is 0 Å². The van der Waals surface area contributed by atoms with Crippen LogP contribution in [0.5, 0.6) is 0 Å². The van der Waals surface area contributed by atoms with Crippen LogP contribution in [-0.4, -0.2) is 65.4 Å². The van der Waals surface area contributed by atoms with Crippen molar-refractivity contribution in [3.8, 4) is 0 Å². The van der Waals surface area contributed by atoms with Crippen molar-refractivity contribution in [2.45, 2.75) is 39.3 Å². The predicted molar refractivity (Wildman–Crippen MR) is 65.9 cm³/mol. The summed E-state index contributed by atoms with van der Waals surface area (Å²) in [5.74, 6) is 0. The summed E-state index contributed by atoms with van der Waals surface area (Å²) in [5.41, 5.74) is -0.465. The van der Waals surface area contributed by atoms with Crippen LogP contribution in [0.2, 0.25) is 0 Å². The number of carbonyl (C=O) groups excluding carboxylic acids is 1. The van der Waals surface area contributed by atoms with Crippen molar-refractivity contribution in [3.63, 3.8) is 0 Å². The lowest BCUT2D eigenvalue weighted by atomic mass is 10.2. The number of aliphatic hydroxyl groups is 1. The lowest BCUT2D eigenvalue weighted by Gasteiger charge is -2.40. The molecule has 0 bridgehead atoms. The van der Waals surface area contributed by atoms with Gasteiger partial charge in [0, 0.05) is 19.6 Å². The number of piperazine rings is 1. The molecule has 0 aliphatic carbocycles. The van der Waals surface area contributed by atoms with Crippen molar-refractivity contribution in [2.75, 3.05) is 32.8 Å². The third kappa shape index (κ3) is 4.16. The van der Waals surface area contributed by atoms with Gasteiger partial charge in [-0.1, -0.05) is 6.92 Å². The minimum absolute atomic E-state index is 0.0290. The van der Waals surface area contributed by atoms with Gasteiger partial charge in [0.25, 0.3) is 0 Å². The molecule has 0 aromatic heterocycles. The van der Waals surface area contributed by atoms with Gasteiger partial charge < -0.3 is 14.7 Å². The van der Waals surface area contributed by atoms with Crippen molar-refractivity contribution in [1.82, 2.24) is 9.80 Å². The molecule has 0 saturated carbocycles. The summed E-state index contributed by atoms with van der Waals surface area (Å²) >= 11 is 0. The number of ether oxygens (including phenoxy) is 1. The van der Waals surface area contributed by atoms with Crippen molar-refractivity contribution in [3.05, 3.63) is 0 Å². The van der Waals surface area contributed by atoms with Crippen molar-refractivity contribution in [1.29, 1.82) is 0 Å². The van der Waals surface area contributed by atoms with E-state index in [9.17, 15) is 9.90 Å². The highest BCUT2D eigenvalue weighted by molar-refractivity contribution is 5.68. The maximum atomic E-state index is 11.9. The van der Waals surface area contributed by atoms with Crippen molar-refractivity contribution < 1.29 is 14.6 Å². The van der Waals surface area contributed by atoms with Gasteiger partial charge in [0.05, 0.1) is 12.6 Å². The monoisotopic (exact) mass is 244 g/mol. The molecule has 1 aliphatic heterocycles. The van der Waals surface area contributed by atoms with Gasteiger partial charge in [0.1, 0.15) is 5.60 Å². The Balaban J connectivity index is 2.54. The summed E-state index contributed by atoms with van der Waals surface area (Å²) in [6.45, 7) is 10.6. The summed E-state index contributed by atoms with van der Waals surface area (Å²) in [4.78, 5) is 15.7. The Kier molecular flexibility index (Phi) is 4.77. The van der Waals surface area contributed by atoms with Gasteiger partial charge in [-0.25, -0.2) is 4.79 Å². The molecule has 1 amide bonds. The standard InChI is InChI=1S/C12H24N2O3/c1-5-13-6-7-14(8-10(13)9-15)11(16)17-12(2,3)4/h10,15H,5-9H2,1-4H3/t10-/m0/s1. The fraction of sp³-hybridized carbons (Fsp3) is 0.917. The van der Waals surface area contributed by atoms with Crippen LogP contribution in [-0.2, 0) is 4.74 Å². The van der Waals surface area contributed by atoms with Crippen LogP contribution >= 0.6 is 0 Å². The Morgan fingerprint density at radius 1 is 1.41 bits per heavy atom. The summed E-state index contributed by atoms with van der Waals surface area (Å²) in [6.07, 6.45) is -0.285. The molecule has 17 heavy (non-hydrogen) atoms. The molecule has 1 atom stereocenters. The molecule has 5 heteroatoms. The number of aliphatic hydroxyl groups excluding tert-OH is 1. The minimum atomic E-state index is -0.465. The smallest absolute Gasteiger partial charge is 0.410 e. The summed E-state index contributed by atoms with van der Waals surface area (Å²) in [6, 6.07) is 0.0290. The van der Waals surface area contributed by atoms with E-state index in [2.05, 4.69) is 11.8 Å². The maximum Gasteiger partial charge on any atom is 0.410 e. The number of amides is 1. The molecule has 5 nitrogen and oxygen atoms in total. The number of hydrogen-bond donors (Lipinski definition) is 1. The topological polar surface area (TPSA) is 53.0 Å². The molecule has 0 aromatic rings. The third-order valence-electron chi connectivity index (χ3n) is 2.87. The quantitative estimate of drug-likeness (QED) is 0.785. The molecule has 0 spiro atoms. The van der Waals surface area contributed by atoms with E-state index in [4.69, 9.17) is 4.74 Å². The Hall–Kier alpha value is -0.810. The third-order valence-corrected chi connectivity index (χ3v) is 2.87. The average Bonchev–Trinajstić information content (AvgIpc) is 2.25. The first-order chi connectivity index (χ1) is 7.87. The van der Waals surface area contributed by atoms with Crippen molar-refractivity contribution >= 4 is 6.09 Å². The van der Waals surface area contributed by atoms with Crippen LogP contribution in [0.25, 0.3) is 0 Å². The zero-order chi connectivity index (χ0) is 13.1. The Morgan fingerprint density at radius 2 is 2.06 bits per heavy atom. The first-order valence-electron chi connectivity index (χ1n) is 6.20. The van der Waals surface area contributed by atoms with Gasteiger partial charge in [-0.3, -0.25) is 4.90 Å². The van der Waals surface area contributed by atoms with E-state index in [0.29, 0.717) is 13.1 Å². The van der Waals surface area contributed by atoms with E-state index in [1.807, 2.05) is 20.8 Å². The minimum Gasteiger partial charge on any atom is -0.444 e. The van der Waals surface area contributed by atoms with Gasteiger partial charge in [-0.05, 0) is 27.3 Å². The molecule has 1 saturated heterocycles. The first kappa shape index (κ1) is 14.3. The second-order valence-corrected chi connectivity index (χ2v) is 5.39. The van der Waals surface area contributed by atoms with E-state index in [1.54, 1.807) is 4.90 Å². The SMILES string of the molecule is CCN1CCN(C(=O)OC(C)(C)C)C[C@H]1CO. The Bertz CT molecular complexity index is 263. The number of rotatable bonds is 2. The Labute approximate surface area is 103 Å². The van der Waals surface area contributed by atoms with Crippen LogP contribution in [0.15, 0.2) is 0 Å². The van der Waals surface area contributed by atoms with Crippen LogP contribution in [0, 0.1) is 0 Å². The molecule has 1 aliphatic rings. The number of likely N-dealkylation sites (N-methyl/N-ethyl adjacent to an activating group) is 1. The highest BCUT2D eigenvalue weighted by Crippen LogP contribution is 2.14. The van der Waals surface area contributed by atoms with E-state index in [1.165, 1.54) is 0 Å². The zero-order valence-electron chi connectivity index (χ0n) is 11.3. The second kappa shape index (κ2) is 5.69. The van der Waals surface area contributed by atoms with Crippen LogP contribution < -0.4 is 0 Å². The molecular formula is C12H24N2O3. The highest BCUT2D eigenvalue weighted by atomic mass is 16.6. The molecule has 0 unspecified atom stereocenters. The first-order valence-corrected chi connectivity index (χ1v) is 6.20. The van der Waals surface area contributed by atoms with E-state index in [-0.39, 0.29) is 18.7 Å². The predicted octanol–water partition coefficient (Wildman–Crippen LogP) is 0.920. The van der Waals surface area contributed by atoms with Gasteiger partial charge >= 0.3 is 6.09 Å². The van der Waals surface area contributed by atoms with Crippen molar-refractivity contribution in [2.24, 2.45) is 0 Å².